The van der Waals surface area contributed by atoms with Crippen molar-refractivity contribution in [2.24, 2.45) is 4.99 Å². The minimum absolute atomic E-state index is 0. The van der Waals surface area contributed by atoms with Crippen molar-refractivity contribution in [1.29, 1.82) is 0 Å². The number of likely N-dealkylation sites (tertiary alicyclic amines) is 2. The summed E-state index contributed by atoms with van der Waals surface area (Å²) in [6.07, 6.45) is 6.58. The van der Waals surface area contributed by atoms with Gasteiger partial charge in [-0.25, -0.2) is 4.99 Å². The summed E-state index contributed by atoms with van der Waals surface area (Å²) in [5, 5.41) is 3.73. The Bertz CT molecular complexity index is 590. The topological polar surface area (TPSA) is 34.1 Å². The first-order valence-electron chi connectivity index (χ1n) is 10.5. The molecule has 0 aliphatic carbocycles. The Morgan fingerprint density at radius 3 is 2.29 bits per heavy atom. The van der Waals surface area contributed by atoms with Crippen molar-refractivity contribution in [3.05, 3.63) is 35.9 Å². The normalized spacial score (nSPS) is 21.0. The average Bonchev–Trinajstić information content (AvgIpc) is 2.71. The number of nitrogens with one attached hydrogen (secondary N) is 1. The zero-order chi connectivity index (χ0) is 19.1. The Kier molecular flexibility index (Phi) is 9.50. The van der Waals surface area contributed by atoms with E-state index in [2.05, 4.69) is 71.5 Å². The number of guanidine groups is 1. The van der Waals surface area contributed by atoms with Gasteiger partial charge in [0.05, 0.1) is 6.54 Å². The van der Waals surface area contributed by atoms with E-state index in [1.165, 1.54) is 63.8 Å². The lowest BCUT2D eigenvalue weighted by Gasteiger charge is -2.50. The van der Waals surface area contributed by atoms with Crippen LogP contribution in [-0.2, 0) is 6.54 Å². The standard InChI is InChI=1S/C22H37N5.HI/c1-25(2)21(23-18-20-10-6-4-7-11-20)24-19-22(12-16-26(3)17-13-22)27-14-8-5-9-15-27;/h4,6-7,10-11H,5,8-9,12-19H2,1-3H3,(H,23,24);1H. The maximum Gasteiger partial charge on any atom is 0.193 e. The molecule has 2 aliphatic rings. The predicted octanol–water partition coefficient (Wildman–Crippen LogP) is 3.26. The number of rotatable bonds is 5. The fourth-order valence-electron chi connectivity index (χ4n) is 4.36. The smallest absolute Gasteiger partial charge is 0.193 e. The summed E-state index contributed by atoms with van der Waals surface area (Å²) in [6, 6.07) is 10.5. The highest BCUT2D eigenvalue weighted by atomic mass is 127. The van der Waals surface area contributed by atoms with Crippen LogP contribution in [0, 0.1) is 0 Å². The summed E-state index contributed by atoms with van der Waals surface area (Å²) in [7, 11) is 6.41. The molecule has 1 aromatic carbocycles. The van der Waals surface area contributed by atoms with Gasteiger partial charge in [-0.15, -0.1) is 24.0 Å². The molecule has 2 fully saturated rings. The van der Waals surface area contributed by atoms with Crippen molar-refractivity contribution >= 4 is 29.9 Å². The van der Waals surface area contributed by atoms with Gasteiger partial charge in [0.15, 0.2) is 5.96 Å². The second kappa shape index (κ2) is 11.4. The number of piperidine rings is 2. The first kappa shape index (κ1) is 23.4. The zero-order valence-electron chi connectivity index (χ0n) is 17.9. The molecule has 0 saturated carbocycles. The third kappa shape index (κ3) is 6.32. The van der Waals surface area contributed by atoms with Crippen molar-refractivity contribution in [2.75, 3.05) is 53.9 Å². The SMILES string of the molecule is CN1CCC(CNC(=NCc2ccccc2)N(C)C)(N2CCCCC2)CC1.I. The number of hydrogen-bond acceptors (Lipinski definition) is 3. The Morgan fingerprint density at radius 1 is 1.04 bits per heavy atom. The Morgan fingerprint density at radius 2 is 1.68 bits per heavy atom. The van der Waals surface area contributed by atoms with Crippen LogP contribution in [0.15, 0.2) is 35.3 Å². The van der Waals surface area contributed by atoms with Crippen LogP contribution < -0.4 is 5.32 Å². The van der Waals surface area contributed by atoms with E-state index in [1.54, 1.807) is 0 Å². The average molecular weight is 499 g/mol. The van der Waals surface area contributed by atoms with Crippen LogP contribution >= 0.6 is 24.0 Å². The molecule has 6 heteroatoms. The molecule has 0 aromatic heterocycles. The van der Waals surface area contributed by atoms with Gasteiger partial charge in [0.2, 0.25) is 0 Å². The second-order valence-corrected chi connectivity index (χ2v) is 8.45. The second-order valence-electron chi connectivity index (χ2n) is 8.45. The monoisotopic (exact) mass is 499 g/mol. The van der Waals surface area contributed by atoms with Gasteiger partial charge < -0.3 is 15.1 Å². The quantitative estimate of drug-likeness (QED) is 0.383. The van der Waals surface area contributed by atoms with Crippen molar-refractivity contribution in [3.8, 4) is 0 Å². The minimum Gasteiger partial charge on any atom is -0.354 e. The van der Waals surface area contributed by atoms with E-state index >= 15 is 0 Å². The minimum atomic E-state index is 0. The Hall–Kier alpha value is -0.860. The fraction of sp³-hybridized carbons (Fsp3) is 0.682. The van der Waals surface area contributed by atoms with E-state index < -0.39 is 0 Å². The number of nitrogens with zero attached hydrogens (tertiary/aromatic N) is 4. The Balaban J connectivity index is 0.00000280. The lowest BCUT2D eigenvalue weighted by molar-refractivity contribution is 0.0170. The summed E-state index contributed by atoms with van der Waals surface area (Å²) >= 11 is 0. The number of aliphatic imine (C=N–C) groups is 1. The lowest BCUT2D eigenvalue weighted by Crippen LogP contribution is -2.62. The van der Waals surface area contributed by atoms with E-state index in [1.807, 2.05) is 0 Å². The zero-order valence-corrected chi connectivity index (χ0v) is 20.2. The number of halogens is 1. The highest BCUT2D eigenvalue weighted by Gasteiger charge is 2.39. The highest BCUT2D eigenvalue weighted by molar-refractivity contribution is 14.0. The Labute approximate surface area is 188 Å². The van der Waals surface area contributed by atoms with E-state index in [4.69, 9.17) is 4.99 Å². The molecule has 0 radical (unpaired) electrons. The van der Waals surface area contributed by atoms with Crippen LogP contribution in [0.4, 0.5) is 0 Å². The van der Waals surface area contributed by atoms with Crippen LogP contribution in [-0.4, -0.2) is 80.1 Å². The fourth-order valence-corrected chi connectivity index (χ4v) is 4.36. The van der Waals surface area contributed by atoms with E-state index in [9.17, 15) is 0 Å². The molecule has 5 nitrogen and oxygen atoms in total. The van der Waals surface area contributed by atoms with Crippen molar-refractivity contribution in [2.45, 2.75) is 44.2 Å². The van der Waals surface area contributed by atoms with E-state index in [0.717, 1.165) is 19.0 Å². The van der Waals surface area contributed by atoms with Crippen LogP contribution in [0.1, 0.15) is 37.7 Å². The first-order valence-corrected chi connectivity index (χ1v) is 10.5. The molecule has 158 valence electrons. The summed E-state index contributed by atoms with van der Waals surface area (Å²) < 4.78 is 0. The summed E-state index contributed by atoms with van der Waals surface area (Å²) in [5.74, 6) is 0.995. The van der Waals surface area contributed by atoms with Crippen LogP contribution in [0.2, 0.25) is 0 Å². The van der Waals surface area contributed by atoms with Gasteiger partial charge in [0.1, 0.15) is 0 Å². The molecule has 2 saturated heterocycles. The van der Waals surface area contributed by atoms with Gasteiger partial charge in [0, 0.05) is 26.2 Å². The maximum absolute atomic E-state index is 4.87. The van der Waals surface area contributed by atoms with E-state index in [0.29, 0.717) is 0 Å². The molecule has 0 amide bonds. The van der Waals surface area contributed by atoms with E-state index in [-0.39, 0.29) is 29.5 Å². The van der Waals surface area contributed by atoms with Crippen molar-refractivity contribution < 1.29 is 0 Å². The number of benzene rings is 1. The molecule has 3 rings (SSSR count). The molecular formula is C22H38IN5. The summed E-state index contributed by atoms with van der Waals surface area (Å²) in [5.41, 5.74) is 1.53. The highest BCUT2D eigenvalue weighted by Crippen LogP contribution is 2.30. The summed E-state index contributed by atoms with van der Waals surface area (Å²) in [6.45, 7) is 6.61. The largest absolute Gasteiger partial charge is 0.354 e. The molecule has 1 aromatic rings. The molecule has 1 N–H and O–H groups in total. The molecule has 28 heavy (non-hydrogen) atoms. The third-order valence-corrected chi connectivity index (χ3v) is 6.20. The van der Waals surface area contributed by atoms with Gasteiger partial charge >= 0.3 is 0 Å². The molecule has 0 bridgehead atoms. The maximum atomic E-state index is 4.87. The molecule has 2 aliphatic heterocycles. The molecule has 0 atom stereocenters. The number of hydrogen-bond donors (Lipinski definition) is 1. The first-order chi connectivity index (χ1) is 13.1. The van der Waals surface area contributed by atoms with Crippen LogP contribution in [0.5, 0.6) is 0 Å². The predicted molar refractivity (Wildman–Crippen MR) is 130 cm³/mol. The van der Waals surface area contributed by atoms with Gasteiger partial charge in [-0.1, -0.05) is 36.8 Å². The lowest BCUT2D eigenvalue weighted by atomic mass is 9.84. The molecule has 2 heterocycles. The van der Waals surface area contributed by atoms with Gasteiger partial charge in [-0.2, -0.15) is 0 Å². The molecule has 0 unspecified atom stereocenters. The van der Waals surface area contributed by atoms with Gasteiger partial charge in [-0.05, 0) is 64.5 Å². The summed E-state index contributed by atoms with van der Waals surface area (Å²) in [4.78, 5) is 12.2. The van der Waals surface area contributed by atoms with Crippen LogP contribution in [0.25, 0.3) is 0 Å². The third-order valence-electron chi connectivity index (χ3n) is 6.20. The van der Waals surface area contributed by atoms with Gasteiger partial charge in [0.25, 0.3) is 0 Å². The molecular weight excluding hydrogens is 461 g/mol. The molecule has 0 spiro atoms. The van der Waals surface area contributed by atoms with Crippen molar-refractivity contribution in [3.63, 3.8) is 0 Å². The van der Waals surface area contributed by atoms with Crippen molar-refractivity contribution in [1.82, 2.24) is 20.0 Å². The van der Waals surface area contributed by atoms with Gasteiger partial charge in [-0.3, -0.25) is 4.90 Å². The van der Waals surface area contributed by atoms with Crippen LogP contribution in [0.3, 0.4) is 0 Å².